The fraction of sp³-hybridized carbons (Fsp3) is 0.217. The molecule has 0 atom stereocenters. The van der Waals surface area contributed by atoms with Crippen LogP contribution in [0.15, 0.2) is 53.0 Å². The normalized spacial score (nSPS) is 10.8. The maximum absolute atomic E-state index is 15.2. The summed E-state index contributed by atoms with van der Waals surface area (Å²) >= 11 is 5.23. The fourth-order valence-corrected chi connectivity index (χ4v) is 4.09. The fourth-order valence-electron chi connectivity index (χ4n) is 3.13. The molecule has 0 N–H and O–H groups in total. The molecule has 0 amide bonds. The molecule has 3 aromatic carbocycles. The van der Waals surface area contributed by atoms with Gasteiger partial charge in [0.25, 0.3) is 0 Å². The van der Waals surface area contributed by atoms with Gasteiger partial charge in [-0.2, -0.15) is 0 Å². The summed E-state index contributed by atoms with van der Waals surface area (Å²) < 4.78 is 41.7. The second-order valence-electron chi connectivity index (χ2n) is 6.78. The molecular weight excluding hydrogens is 567 g/mol. The Morgan fingerprint density at radius 1 is 0.833 bits per heavy atom. The van der Waals surface area contributed by atoms with Crippen molar-refractivity contribution in [3.05, 3.63) is 84.9 Å². The minimum absolute atomic E-state index is 0.0496. The summed E-state index contributed by atoms with van der Waals surface area (Å²) in [6, 6.07) is 14.9. The smallest absolute Gasteiger partial charge is 0.164 e. The molecule has 7 heteroatoms. The molecule has 3 nitrogen and oxygen atoms in total. The van der Waals surface area contributed by atoms with Crippen molar-refractivity contribution in [2.45, 2.75) is 20.0 Å². The number of methoxy groups -OCH3 is 2. The first-order valence-corrected chi connectivity index (χ1v) is 11.1. The molecule has 0 aliphatic rings. The average Bonchev–Trinajstić information content (AvgIpc) is 2.77. The Bertz CT molecular complexity index is 948. The third-order valence-electron chi connectivity index (χ3n) is 4.84. The average molecular weight is 588 g/mol. The van der Waals surface area contributed by atoms with Crippen molar-refractivity contribution in [1.29, 1.82) is 0 Å². The SMILES string of the molecule is COc1ccc(CN(Cc2ccc(OC)cc2)c2c(F)c(C)c(I)c(Br)c2F)cc1. The number of benzene rings is 3. The van der Waals surface area contributed by atoms with E-state index >= 15 is 8.78 Å². The van der Waals surface area contributed by atoms with E-state index in [1.807, 2.05) is 71.1 Å². The molecule has 158 valence electrons. The molecule has 0 aromatic heterocycles. The summed E-state index contributed by atoms with van der Waals surface area (Å²) in [7, 11) is 3.20. The van der Waals surface area contributed by atoms with E-state index in [1.54, 1.807) is 26.0 Å². The predicted octanol–water partition coefficient (Wildman–Crippen LogP) is 6.86. The van der Waals surface area contributed by atoms with E-state index in [2.05, 4.69) is 15.9 Å². The largest absolute Gasteiger partial charge is 0.497 e. The van der Waals surface area contributed by atoms with Crippen LogP contribution in [0.3, 0.4) is 0 Å². The minimum atomic E-state index is -0.607. The van der Waals surface area contributed by atoms with Gasteiger partial charge in [0.2, 0.25) is 0 Å². The van der Waals surface area contributed by atoms with Crippen LogP contribution < -0.4 is 14.4 Å². The Hall–Kier alpha value is -1.87. The summed E-state index contributed by atoms with van der Waals surface area (Å²) in [5, 5.41) is 0. The van der Waals surface area contributed by atoms with Crippen molar-refractivity contribution in [3.8, 4) is 11.5 Å². The summed E-state index contributed by atoms with van der Waals surface area (Å²) in [5.74, 6) is 0.294. The van der Waals surface area contributed by atoms with Crippen LogP contribution in [0.1, 0.15) is 16.7 Å². The lowest BCUT2D eigenvalue weighted by Gasteiger charge is -2.28. The van der Waals surface area contributed by atoms with Gasteiger partial charge in [0, 0.05) is 22.2 Å². The molecule has 0 saturated heterocycles. The Kier molecular flexibility index (Phi) is 7.57. The highest BCUT2D eigenvalue weighted by Crippen LogP contribution is 2.37. The van der Waals surface area contributed by atoms with Crippen molar-refractivity contribution in [2.24, 2.45) is 0 Å². The van der Waals surface area contributed by atoms with Crippen molar-refractivity contribution in [3.63, 3.8) is 0 Å². The first kappa shape index (κ1) is 22.8. The molecule has 0 saturated carbocycles. The van der Waals surface area contributed by atoms with E-state index < -0.39 is 11.6 Å². The zero-order valence-corrected chi connectivity index (χ0v) is 20.6. The van der Waals surface area contributed by atoms with Crippen LogP contribution in [-0.4, -0.2) is 14.2 Å². The number of halogens is 4. The number of ether oxygens (including phenoxy) is 2. The third-order valence-corrected chi connectivity index (χ3v) is 7.68. The molecule has 3 rings (SSSR count). The van der Waals surface area contributed by atoms with Gasteiger partial charge in [-0.1, -0.05) is 24.3 Å². The monoisotopic (exact) mass is 587 g/mol. The van der Waals surface area contributed by atoms with Crippen LogP contribution in [0.5, 0.6) is 11.5 Å². The van der Waals surface area contributed by atoms with Gasteiger partial charge in [0.05, 0.1) is 18.7 Å². The molecule has 3 aromatic rings. The first-order chi connectivity index (χ1) is 14.3. The van der Waals surface area contributed by atoms with Gasteiger partial charge in [-0.05, 0) is 80.8 Å². The van der Waals surface area contributed by atoms with E-state index in [0.29, 0.717) is 22.2 Å². The van der Waals surface area contributed by atoms with Crippen molar-refractivity contribution in [1.82, 2.24) is 0 Å². The van der Waals surface area contributed by atoms with Gasteiger partial charge in [-0.15, -0.1) is 0 Å². The summed E-state index contributed by atoms with van der Waals surface area (Å²) in [6.07, 6.45) is 0. The quantitative estimate of drug-likeness (QED) is 0.171. The number of hydrogen-bond acceptors (Lipinski definition) is 3. The molecule has 0 heterocycles. The van der Waals surface area contributed by atoms with Gasteiger partial charge >= 0.3 is 0 Å². The van der Waals surface area contributed by atoms with E-state index in [4.69, 9.17) is 9.47 Å². The molecule has 0 bridgehead atoms. The maximum atomic E-state index is 15.2. The zero-order valence-electron chi connectivity index (χ0n) is 16.8. The van der Waals surface area contributed by atoms with Crippen LogP contribution in [0.2, 0.25) is 0 Å². The highest BCUT2D eigenvalue weighted by Gasteiger charge is 2.25. The Balaban J connectivity index is 2.04. The number of rotatable bonds is 7. The topological polar surface area (TPSA) is 21.7 Å². The summed E-state index contributed by atoms with van der Waals surface area (Å²) in [6.45, 7) is 2.32. The lowest BCUT2D eigenvalue weighted by molar-refractivity contribution is 0.414. The Morgan fingerprint density at radius 2 is 1.27 bits per heavy atom. The second-order valence-corrected chi connectivity index (χ2v) is 8.65. The van der Waals surface area contributed by atoms with Crippen LogP contribution in [-0.2, 0) is 13.1 Å². The van der Waals surface area contributed by atoms with Gasteiger partial charge in [0.15, 0.2) is 11.6 Å². The van der Waals surface area contributed by atoms with Gasteiger partial charge in [-0.25, -0.2) is 8.78 Å². The number of anilines is 1. The Labute approximate surface area is 197 Å². The molecular formula is C23H21BrF2INO2. The van der Waals surface area contributed by atoms with Crippen LogP contribution in [0, 0.1) is 22.1 Å². The number of hydrogen-bond donors (Lipinski definition) is 0. The van der Waals surface area contributed by atoms with Crippen molar-refractivity contribution >= 4 is 44.2 Å². The lowest BCUT2D eigenvalue weighted by atomic mass is 10.1. The summed E-state index contributed by atoms with van der Waals surface area (Å²) in [5.41, 5.74) is 2.19. The number of nitrogens with zero attached hydrogens (tertiary/aromatic N) is 1. The molecule has 30 heavy (non-hydrogen) atoms. The third kappa shape index (κ3) is 4.88. The second kappa shape index (κ2) is 9.96. The zero-order chi connectivity index (χ0) is 21.8. The van der Waals surface area contributed by atoms with E-state index in [1.165, 1.54) is 0 Å². The Morgan fingerprint density at radius 3 is 1.67 bits per heavy atom. The van der Waals surface area contributed by atoms with Gasteiger partial charge in [-0.3, -0.25) is 0 Å². The molecule has 0 aliphatic heterocycles. The summed E-state index contributed by atoms with van der Waals surface area (Å²) in [4.78, 5) is 1.71. The standard InChI is InChI=1S/C23H21BrF2INO2/c1-14-20(25)23(21(26)19(24)22(14)27)28(12-15-4-8-17(29-2)9-5-15)13-16-6-10-18(30-3)11-7-16/h4-11H,12-13H2,1-3H3. The molecule has 0 aliphatic carbocycles. The van der Waals surface area contributed by atoms with Crippen molar-refractivity contribution < 1.29 is 18.3 Å². The lowest BCUT2D eigenvalue weighted by Crippen LogP contribution is -2.25. The van der Waals surface area contributed by atoms with E-state index in [0.717, 1.165) is 22.6 Å². The van der Waals surface area contributed by atoms with Crippen LogP contribution >= 0.6 is 38.5 Å². The molecule has 0 spiro atoms. The van der Waals surface area contributed by atoms with Crippen LogP contribution in [0.4, 0.5) is 14.5 Å². The highest BCUT2D eigenvalue weighted by atomic mass is 127. The first-order valence-electron chi connectivity index (χ1n) is 9.19. The van der Waals surface area contributed by atoms with Crippen LogP contribution in [0.25, 0.3) is 0 Å². The van der Waals surface area contributed by atoms with E-state index in [-0.39, 0.29) is 10.2 Å². The highest BCUT2D eigenvalue weighted by molar-refractivity contribution is 14.1. The minimum Gasteiger partial charge on any atom is -0.497 e. The van der Waals surface area contributed by atoms with Gasteiger partial charge < -0.3 is 14.4 Å². The predicted molar refractivity (Wildman–Crippen MR) is 127 cm³/mol. The maximum Gasteiger partial charge on any atom is 0.164 e. The van der Waals surface area contributed by atoms with Gasteiger partial charge in [0.1, 0.15) is 17.2 Å². The van der Waals surface area contributed by atoms with Crippen molar-refractivity contribution in [2.75, 3.05) is 19.1 Å². The molecule has 0 radical (unpaired) electrons. The molecule has 0 fully saturated rings. The molecule has 0 unspecified atom stereocenters. The van der Waals surface area contributed by atoms with E-state index in [9.17, 15) is 0 Å².